The van der Waals surface area contributed by atoms with Crippen molar-refractivity contribution in [3.63, 3.8) is 0 Å². The number of ether oxygens (including phenoxy) is 1. The highest BCUT2D eigenvalue weighted by molar-refractivity contribution is 6.62. The highest BCUT2D eigenvalue weighted by atomic mass is 16.5. The fraction of sp³-hybridized carbons (Fsp3) is 0.417. The van der Waals surface area contributed by atoms with E-state index in [4.69, 9.17) is 14.9 Å². The summed E-state index contributed by atoms with van der Waals surface area (Å²) in [5.41, 5.74) is 9.85. The summed E-state index contributed by atoms with van der Waals surface area (Å²) in [6, 6.07) is 2.79. The average molecular weight is 291 g/mol. The van der Waals surface area contributed by atoms with Gasteiger partial charge in [-0.15, -0.1) is 0 Å². The lowest BCUT2D eigenvalue weighted by Crippen LogP contribution is -2.28. The molecule has 1 unspecified atom stereocenters. The third-order valence-electron chi connectivity index (χ3n) is 3.13. The Morgan fingerprint density at radius 2 is 2.38 bits per heavy atom. The molecular formula is C12H14BN3O5. The Labute approximate surface area is 121 Å². The van der Waals surface area contributed by atoms with Crippen LogP contribution in [0, 0.1) is 0 Å². The van der Waals surface area contributed by atoms with Crippen molar-refractivity contribution < 1.29 is 24.3 Å². The number of benzene rings is 1. The van der Waals surface area contributed by atoms with Gasteiger partial charge in [-0.05, 0) is 41.2 Å². The summed E-state index contributed by atoms with van der Waals surface area (Å²) < 4.78 is 10.2. The predicted octanol–water partition coefficient (Wildman–Crippen LogP) is 0.914. The van der Waals surface area contributed by atoms with Crippen molar-refractivity contribution >= 4 is 18.6 Å². The van der Waals surface area contributed by atoms with E-state index in [1.165, 1.54) is 12.1 Å². The Hall–Kier alpha value is -2.22. The molecule has 0 saturated heterocycles. The molecule has 0 radical (unpaired) electrons. The van der Waals surface area contributed by atoms with Crippen LogP contribution in [-0.4, -0.2) is 29.8 Å². The lowest BCUT2D eigenvalue weighted by atomic mass is 9.77. The van der Waals surface area contributed by atoms with E-state index >= 15 is 0 Å². The van der Waals surface area contributed by atoms with Crippen molar-refractivity contribution in [3.8, 4) is 5.75 Å². The fourth-order valence-electron chi connectivity index (χ4n) is 2.37. The average Bonchev–Trinajstić information content (AvgIpc) is 2.73. The number of phenols is 1. The topological polar surface area (TPSA) is 125 Å². The highest BCUT2D eigenvalue weighted by Crippen LogP contribution is 2.32. The predicted molar refractivity (Wildman–Crippen MR) is 73.6 cm³/mol. The molecule has 2 N–H and O–H groups in total. The molecule has 0 aliphatic carbocycles. The van der Waals surface area contributed by atoms with Crippen LogP contribution < -0.4 is 5.46 Å². The molecule has 1 aromatic carbocycles. The normalized spacial score (nSPS) is 16.3. The quantitative estimate of drug-likeness (QED) is 0.274. The van der Waals surface area contributed by atoms with E-state index in [0.717, 1.165) is 0 Å². The molecule has 0 aromatic heterocycles. The summed E-state index contributed by atoms with van der Waals surface area (Å²) in [6.45, 7) is 1.94. The highest BCUT2D eigenvalue weighted by Gasteiger charge is 2.38. The van der Waals surface area contributed by atoms with Gasteiger partial charge in [0.05, 0.1) is 25.7 Å². The van der Waals surface area contributed by atoms with Gasteiger partial charge in [0.2, 0.25) is 0 Å². The van der Waals surface area contributed by atoms with Gasteiger partial charge >= 0.3 is 13.1 Å². The molecule has 1 heterocycles. The van der Waals surface area contributed by atoms with Gasteiger partial charge in [-0.2, -0.15) is 0 Å². The van der Waals surface area contributed by atoms with Crippen LogP contribution in [-0.2, 0) is 20.7 Å². The molecule has 2 rings (SSSR count). The van der Waals surface area contributed by atoms with Crippen molar-refractivity contribution in [1.29, 1.82) is 0 Å². The van der Waals surface area contributed by atoms with Crippen LogP contribution in [0.25, 0.3) is 10.4 Å². The van der Waals surface area contributed by atoms with Gasteiger partial charge in [0, 0.05) is 4.91 Å². The maximum absolute atomic E-state index is 11.6. The second-order valence-electron chi connectivity index (χ2n) is 4.48. The second kappa shape index (κ2) is 6.49. The van der Waals surface area contributed by atoms with Crippen LogP contribution in [0.2, 0.25) is 0 Å². The summed E-state index contributed by atoms with van der Waals surface area (Å²) >= 11 is 0. The van der Waals surface area contributed by atoms with Crippen LogP contribution in [0.5, 0.6) is 5.75 Å². The number of carbonyl (C=O) groups is 1. The first-order valence-electron chi connectivity index (χ1n) is 6.42. The number of carbonyl (C=O) groups excluding carboxylic acids is 1. The molecule has 0 amide bonds. The Morgan fingerprint density at radius 1 is 1.62 bits per heavy atom. The van der Waals surface area contributed by atoms with Crippen LogP contribution in [0.3, 0.4) is 0 Å². The third-order valence-corrected chi connectivity index (χ3v) is 3.13. The van der Waals surface area contributed by atoms with Gasteiger partial charge < -0.3 is 19.5 Å². The van der Waals surface area contributed by atoms with E-state index in [1.807, 2.05) is 0 Å². The third kappa shape index (κ3) is 3.27. The van der Waals surface area contributed by atoms with Gasteiger partial charge in [0.25, 0.3) is 0 Å². The largest absolute Gasteiger partial charge is 0.508 e. The number of nitrogens with zero attached hydrogens (tertiary/aromatic N) is 3. The zero-order valence-electron chi connectivity index (χ0n) is 11.4. The van der Waals surface area contributed by atoms with E-state index in [0.29, 0.717) is 16.6 Å². The first-order valence-corrected chi connectivity index (χ1v) is 6.42. The summed E-state index contributed by atoms with van der Waals surface area (Å²) in [5, 5.41) is 23.0. The van der Waals surface area contributed by atoms with Gasteiger partial charge in [0.15, 0.2) is 0 Å². The van der Waals surface area contributed by atoms with Gasteiger partial charge in [0.1, 0.15) is 5.75 Å². The number of fused-ring (bicyclic) bond motifs is 1. The summed E-state index contributed by atoms with van der Waals surface area (Å²) in [7, 11) is -1.24. The monoisotopic (exact) mass is 291 g/mol. The molecule has 0 saturated carbocycles. The molecule has 0 spiro atoms. The number of azide groups is 1. The van der Waals surface area contributed by atoms with E-state index in [-0.39, 0.29) is 25.3 Å². The zero-order chi connectivity index (χ0) is 15.4. The van der Waals surface area contributed by atoms with Crippen molar-refractivity contribution in [2.45, 2.75) is 26.0 Å². The number of aromatic hydroxyl groups is 1. The zero-order valence-corrected chi connectivity index (χ0v) is 11.4. The number of hydrogen-bond donors (Lipinski definition) is 2. The van der Waals surface area contributed by atoms with E-state index < -0.39 is 19.2 Å². The lowest BCUT2D eigenvalue weighted by Gasteiger charge is -2.14. The number of rotatable bonds is 5. The Bertz CT molecular complexity index is 603. The molecular weight excluding hydrogens is 277 g/mol. The Kier molecular flexibility index (Phi) is 4.69. The van der Waals surface area contributed by atoms with Gasteiger partial charge in [-0.3, -0.25) is 4.79 Å². The van der Waals surface area contributed by atoms with Crippen LogP contribution in [0.15, 0.2) is 17.2 Å². The summed E-state index contributed by atoms with van der Waals surface area (Å²) in [4.78, 5) is 14.3. The standard InChI is InChI=1S/C12H14BN3O5/c1-2-20-11(18)5-10-12-7(6-15-16-14)3-8(17)4-9(12)13(19)21-10/h3-4,10,17,19H,2,5-6H2,1H3. The molecule has 8 nitrogen and oxygen atoms in total. The lowest BCUT2D eigenvalue weighted by molar-refractivity contribution is -0.145. The Balaban J connectivity index is 2.36. The summed E-state index contributed by atoms with van der Waals surface area (Å²) in [6.07, 6.45) is -0.759. The van der Waals surface area contributed by atoms with E-state index in [2.05, 4.69) is 10.0 Å². The molecule has 1 atom stereocenters. The SMILES string of the molecule is CCOC(=O)CC1OB(O)c2cc(O)cc(CN=[N+]=[N-])c21. The smallest absolute Gasteiger partial charge is 0.492 e. The van der Waals surface area contributed by atoms with Gasteiger partial charge in [-0.25, -0.2) is 0 Å². The molecule has 0 fully saturated rings. The van der Waals surface area contributed by atoms with Gasteiger partial charge in [-0.1, -0.05) is 5.11 Å². The van der Waals surface area contributed by atoms with E-state index in [9.17, 15) is 14.9 Å². The molecule has 21 heavy (non-hydrogen) atoms. The van der Waals surface area contributed by atoms with Crippen molar-refractivity contribution in [2.24, 2.45) is 5.11 Å². The fourth-order valence-corrected chi connectivity index (χ4v) is 2.37. The number of esters is 1. The molecule has 0 bridgehead atoms. The van der Waals surface area contributed by atoms with Crippen molar-refractivity contribution in [1.82, 2.24) is 0 Å². The van der Waals surface area contributed by atoms with Crippen LogP contribution in [0.1, 0.15) is 30.6 Å². The first-order chi connectivity index (χ1) is 10.1. The minimum atomic E-state index is -1.24. The minimum absolute atomic E-state index is 0.0113. The first kappa shape index (κ1) is 15.2. The minimum Gasteiger partial charge on any atom is -0.508 e. The Morgan fingerprint density at radius 3 is 3.05 bits per heavy atom. The number of phenolic OH excluding ortho intramolecular Hbond substituents is 1. The summed E-state index contributed by atoms with van der Waals surface area (Å²) in [5.74, 6) is -0.526. The maximum Gasteiger partial charge on any atom is 0.492 e. The molecule has 110 valence electrons. The van der Waals surface area contributed by atoms with Crippen molar-refractivity contribution in [2.75, 3.05) is 6.61 Å². The van der Waals surface area contributed by atoms with Crippen LogP contribution in [0.4, 0.5) is 0 Å². The molecule has 1 aliphatic heterocycles. The maximum atomic E-state index is 11.6. The molecule has 9 heteroatoms. The molecule has 1 aliphatic rings. The van der Waals surface area contributed by atoms with Crippen LogP contribution >= 0.6 is 0 Å². The molecule has 1 aromatic rings. The second-order valence-corrected chi connectivity index (χ2v) is 4.48. The van der Waals surface area contributed by atoms with Crippen molar-refractivity contribution in [3.05, 3.63) is 33.7 Å². The van der Waals surface area contributed by atoms with E-state index in [1.54, 1.807) is 6.92 Å². The number of hydrogen-bond acceptors (Lipinski definition) is 6.